The molecule has 1 aliphatic heterocycles. The van der Waals surface area contributed by atoms with Crippen LogP contribution >= 0.6 is 11.6 Å². The molecule has 2 heterocycles. The summed E-state index contributed by atoms with van der Waals surface area (Å²) in [5, 5.41) is 4.61. The second-order valence-corrected chi connectivity index (χ2v) is 6.73. The minimum Gasteiger partial charge on any atom is -0.444 e. The van der Waals surface area contributed by atoms with Gasteiger partial charge < -0.3 is 18.9 Å². The van der Waals surface area contributed by atoms with Crippen molar-refractivity contribution in [3.8, 4) is 11.5 Å². The van der Waals surface area contributed by atoms with E-state index in [0.717, 1.165) is 37.4 Å². The van der Waals surface area contributed by atoms with Gasteiger partial charge in [0.05, 0.1) is 30.0 Å². The number of hydrogen-bond acceptors (Lipinski definition) is 6. The first-order chi connectivity index (χ1) is 13.8. The number of ether oxygens (including phenoxy) is 1. The van der Waals surface area contributed by atoms with Crippen molar-refractivity contribution in [1.29, 1.82) is 0 Å². The van der Waals surface area contributed by atoms with E-state index >= 15 is 0 Å². The zero-order valence-electron chi connectivity index (χ0n) is 15.3. The summed E-state index contributed by atoms with van der Waals surface area (Å²) in [7, 11) is 0. The number of benzene rings is 2. The molecule has 28 heavy (non-hydrogen) atoms. The van der Waals surface area contributed by atoms with Gasteiger partial charge in [-0.25, -0.2) is 4.98 Å². The Bertz CT molecular complexity index is 934. The predicted octanol–water partition coefficient (Wildman–Crippen LogP) is 4.38. The van der Waals surface area contributed by atoms with Gasteiger partial charge in [0, 0.05) is 18.8 Å². The molecular weight excluding hydrogens is 378 g/mol. The molecule has 1 saturated heterocycles. The number of oxime groups is 1. The normalized spacial score (nSPS) is 14.5. The first-order valence-corrected chi connectivity index (χ1v) is 9.45. The van der Waals surface area contributed by atoms with Crippen LogP contribution in [0.3, 0.4) is 0 Å². The zero-order valence-corrected chi connectivity index (χ0v) is 16.0. The number of halogens is 1. The fourth-order valence-electron chi connectivity index (χ4n) is 2.93. The van der Waals surface area contributed by atoms with Gasteiger partial charge >= 0.3 is 0 Å². The lowest BCUT2D eigenvalue weighted by molar-refractivity contribution is 0.122. The van der Waals surface area contributed by atoms with E-state index in [9.17, 15) is 0 Å². The molecular formula is C21H20ClN3O3. The molecule has 144 valence electrons. The molecule has 2 aromatic carbocycles. The molecule has 1 aliphatic rings. The Hall–Kier alpha value is -2.83. The Kier molecular flexibility index (Phi) is 5.89. The largest absolute Gasteiger partial charge is 0.444 e. The third kappa shape index (κ3) is 4.52. The van der Waals surface area contributed by atoms with Crippen molar-refractivity contribution in [2.24, 2.45) is 5.16 Å². The van der Waals surface area contributed by atoms with Crippen LogP contribution in [0.15, 0.2) is 64.4 Å². The van der Waals surface area contributed by atoms with E-state index in [-0.39, 0.29) is 6.61 Å². The van der Waals surface area contributed by atoms with E-state index < -0.39 is 0 Å². The number of hydrogen-bond donors (Lipinski definition) is 0. The Morgan fingerprint density at radius 2 is 1.89 bits per heavy atom. The number of oxazole rings is 1. The number of morpholine rings is 1. The van der Waals surface area contributed by atoms with Crippen LogP contribution in [0, 0.1) is 0 Å². The summed E-state index contributed by atoms with van der Waals surface area (Å²) in [5.74, 6) is 0.465. The van der Waals surface area contributed by atoms with Gasteiger partial charge in [0.25, 0.3) is 0 Å². The Morgan fingerprint density at radius 3 is 2.68 bits per heavy atom. The van der Waals surface area contributed by atoms with Gasteiger partial charge in [-0.05, 0) is 29.8 Å². The number of rotatable bonds is 6. The van der Waals surface area contributed by atoms with Crippen LogP contribution in [0.25, 0.3) is 11.5 Å². The maximum Gasteiger partial charge on any atom is 0.227 e. The molecule has 4 rings (SSSR count). The van der Waals surface area contributed by atoms with Crippen molar-refractivity contribution in [1.82, 2.24) is 4.98 Å². The van der Waals surface area contributed by atoms with Crippen molar-refractivity contribution in [2.45, 2.75) is 6.61 Å². The van der Waals surface area contributed by atoms with E-state index in [1.54, 1.807) is 18.5 Å². The van der Waals surface area contributed by atoms with Crippen LogP contribution in [-0.2, 0) is 16.2 Å². The summed E-state index contributed by atoms with van der Waals surface area (Å²) in [5.41, 5.74) is 3.55. The summed E-state index contributed by atoms with van der Waals surface area (Å²) in [4.78, 5) is 12.0. The average molecular weight is 398 g/mol. The highest BCUT2D eigenvalue weighted by atomic mass is 35.5. The first-order valence-electron chi connectivity index (χ1n) is 9.07. The van der Waals surface area contributed by atoms with Crippen molar-refractivity contribution in [2.75, 3.05) is 31.2 Å². The second kappa shape index (κ2) is 8.91. The first kappa shape index (κ1) is 18.5. The molecule has 0 atom stereocenters. The quantitative estimate of drug-likeness (QED) is 0.456. The number of nitrogens with zero attached hydrogens (tertiary/aromatic N) is 3. The Labute approximate surface area is 168 Å². The molecule has 6 nitrogen and oxygen atoms in total. The average Bonchev–Trinajstić information content (AvgIpc) is 3.21. The van der Waals surface area contributed by atoms with E-state index in [2.05, 4.69) is 27.2 Å². The van der Waals surface area contributed by atoms with Crippen LogP contribution in [0.1, 0.15) is 11.3 Å². The third-order valence-electron chi connectivity index (χ3n) is 4.41. The van der Waals surface area contributed by atoms with Gasteiger partial charge in [-0.2, -0.15) is 0 Å². The summed E-state index contributed by atoms with van der Waals surface area (Å²) in [6.07, 6.45) is 3.23. The fraction of sp³-hybridized carbons (Fsp3) is 0.238. The van der Waals surface area contributed by atoms with Crippen LogP contribution in [0.4, 0.5) is 5.69 Å². The minimum atomic E-state index is 0.219. The van der Waals surface area contributed by atoms with Gasteiger partial charge in [0.15, 0.2) is 6.61 Å². The molecule has 1 fully saturated rings. The lowest BCUT2D eigenvalue weighted by atomic mass is 10.2. The molecule has 3 aromatic rings. The number of aromatic nitrogens is 1. The summed E-state index contributed by atoms with van der Waals surface area (Å²) in [6.45, 7) is 3.61. The molecule has 0 unspecified atom stereocenters. The Balaban J connectivity index is 1.30. The molecule has 0 spiro atoms. The highest BCUT2D eigenvalue weighted by molar-refractivity contribution is 6.33. The monoisotopic (exact) mass is 397 g/mol. The molecule has 0 amide bonds. The topological polar surface area (TPSA) is 60.1 Å². The van der Waals surface area contributed by atoms with Crippen molar-refractivity contribution in [3.63, 3.8) is 0 Å². The van der Waals surface area contributed by atoms with Crippen LogP contribution in [-0.4, -0.2) is 37.5 Å². The van der Waals surface area contributed by atoms with Gasteiger partial charge in [-0.15, -0.1) is 0 Å². The zero-order chi connectivity index (χ0) is 19.2. The number of anilines is 1. The maximum atomic E-state index is 6.16. The highest BCUT2D eigenvalue weighted by Gasteiger charge is 2.11. The van der Waals surface area contributed by atoms with E-state index in [0.29, 0.717) is 16.6 Å². The lowest BCUT2D eigenvalue weighted by Crippen LogP contribution is -2.36. The van der Waals surface area contributed by atoms with E-state index in [1.165, 1.54) is 5.69 Å². The van der Waals surface area contributed by atoms with Crippen molar-refractivity contribution in [3.05, 3.63) is 71.1 Å². The fourth-order valence-corrected chi connectivity index (χ4v) is 3.14. The predicted molar refractivity (Wildman–Crippen MR) is 109 cm³/mol. The van der Waals surface area contributed by atoms with Gasteiger partial charge in [0.2, 0.25) is 5.89 Å². The summed E-state index contributed by atoms with van der Waals surface area (Å²) in [6, 6.07) is 15.6. The van der Waals surface area contributed by atoms with Crippen molar-refractivity contribution >= 4 is 23.5 Å². The van der Waals surface area contributed by atoms with Crippen LogP contribution in [0.5, 0.6) is 0 Å². The molecule has 0 saturated carbocycles. The van der Waals surface area contributed by atoms with Gasteiger partial charge in [0.1, 0.15) is 12.0 Å². The third-order valence-corrected chi connectivity index (χ3v) is 4.74. The molecule has 7 heteroatoms. The van der Waals surface area contributed by atoms with Crippen molar-refractivity contribution < 1.29 is 14.0 Å². The second-order valence-electron chi connectivity index (χ2n) is 6.32. The molecule has 1 aromatic heterocycles. The highest BCUT2D eigenvalue weighted by Crippen LogP contribution is 2.26. The summed E-state index contributed by atoms with van der Waals surface area (Å²) >= 11 is 6.16. The van der Waals surface area contributed by atoms with Crippen LogP contribution in [0.2, 0.25) is 5.02 Å². The maximum absolute atomic E-state index is 6.16. The van der Waals surface area contributed by atoms with Gasteiger partial charge in [-0.3, -0.25) is 0 Å². The molecule has 0 aliphatic carbocycles. The van der Waals surface area contributed by atoms with Gasteiger partial charge in [-0.1, -0.05) is 41.0 Å². The SMILES string of the molecule is Clc1ccccc1-c1nc(CO/N=C/c2ccc(N3CCOCC3)cc2)co1. The standard InChI is InChI=1S/C21H20ClN3O3/c22-20-4-2-1-3-19(20)21-24-17(14-27-21)15-28-23-13-16-5-7-18(8-6-16)25-9-11-26-12-10-25/h1-8,13-14H,9-12,15H2/b23-13+. The molecule has 0 radical (unpaired) electrons. The van der Waals surface area contributed by atoms with E-state index in [4.69, 9.17) is 25.6 Å². The van der Waals surface area contributed by atoms with Crippen LogP contribution < -0.4 is 4.90 Å². The molecule has 0 bridgehead atoms. The summed E-state index contributed by atoms with van der Waals surface area (Å²) < 4.78 is 10.9. The smallest absolute Gasteiger partial charge is 0.227 e. The lowest BCUT2D eigenvalue weighted by Gasteiger charge is -2.28. The van der Waals surface area contributed by atoms with E-state index in [1.807, 2.05) is 30.3 Å². The molecule has 0 N–H and O–H groups in total. The Morgan fingerprint density at radius 1 is 1.11 bits per heavy atom. The minimum absolute atomic E-state index is 0.219.